The van der Waals surface area contributed by atoms with E-state index in [2.05, 4.69) is 0 Å². The van der Waals surface area contributed by atoms with Gasteiger partial charge >= 0.3 is 11.9 Å². The molecule has 1 saturated heterocycles. The molecule has 0 aromatic heterocycles. The van der Waals surface area contributed by atoms with E-state index in [4.69, 9.17) is 18.4 Å². The number of carbonyl (C=O) groups excluding carboxylic acids is 2. The summed E-state index contributed by atoms with van der Waals surface area (Å²) in [5.41, 5.74) is 0. The Balaban J connectivity index is 2.35. The van der Waals surface area contributed by atoms with Crippen molar-refractivity contribution < 1.29 is 36.4 Å². The fourth-order valence-electron chi connectivity index (χ4n) is 2.87. The van der Waals surface area contributed by atoms with Gasteiger partial charge in [-0.25, -0.2) is 0 Å². The number of hydrogen-bond donors (Lipinski definition) is 0. The Morgan fingerprint density at radius 1 is 1.14 bits per heavy atom. The van der Waals surface area contributed by atoms with Crippen LogP contribution in [0.3, 0.4) is 0 Å². The van der Waals surface area contributed by atoms with Gasteiger partial charge in [0.15, 0.2) is 0 Å². The quantitative estimate of drug-likeness (QED) is 0.269. The molecule has 0 N–H and O–H groups in total. The summed E-state index contributed by atoms with van der Waals surface area (Å²) in [6.45, 7) is 7.40. The highest BCUT2D eigenvalue weighted by molar-refractivity contribution is 7.86. The number of carbonyl (C=O) groups is 2. The smallest absolute Gasteiger partial charge is 0.311 e. The van der Waals surface area contributed by atoms with E-state index >= 15 is 0 Å². The van der Waals surface area contributed by atoms with Crippen molar-refractivity contribution in [2.45, 2.75) is 78.6 Å². The molecule has 28 heavy (non-hydrogen) atoms. The number of rotatable bonds is 12. The molecule has 0 spiro atoms. The fourth-order valence-corrected chi connectivity index (χ4v) is 4.03. The summed E-state index contributed by atoms with van der Waals surface area (Å²) in [5, 5.41) is 0. The van der Waals surface area contributed by atoms with Gasteiger partial charge in [0, 0.05) is 6.42 Å². The van der Waals surface area contributed by atoms with Crippen LogP contribution in [0.5, 0.6) is 0 Å². The molecule has 0 aromatic carbocycles. The van der Waals surface area contributed by atoms with Crippen molar-refractivity contribution in [1.29, 1.82) is 0 Å². The van der Waals surface area contributed by atoms with Crippen LogP contribution in [-0.4, -0.2) is 51.7 Å². The summed E-state index contributed by atoms with van der Waals surface area (Å²) in [4.78, 5) is 24.5. The van der Waals surface area contributed by atoms with Gasteiger partial charge in [0.05, 0.1) is 36.9 Å². The lowest BCUT2D eigenvalue weighted by Gasteiger charge is -2.25. The first-order valence-corrected chi connectivity index (χ1v) is 11.6. The minimum atomic E-state index is -3.61. The van der Waals surface area contributed by atoms with E-state index in [-0.39, 0.29) is 24.7 Å². The largest absolute Gasteiger partial charge is 0.465 e. The van der Waals surface area contributed by atoms with Crippen molar-refractivity contribution in [2.75, 3.05) is 19.0 Å². The van der Waals surface area contributed by atoms with Crippen LogP contribution < -0.4 is 0 Å². The molecule has 3 unspecified atom stereocenters. The van der Waals surface area contributed by atoms with E-state index in [0.29, 0.717) is 25.9 Å². The zero-order chi connectivity index (χ0) is 21.2. The summed E-state index contributed by atoms with van der Waals surface area (Å²) >= 11 is 0. The lowest BCUT2D eigenvalue weighted by atomic mass is 9.94. The van der Waals surface area contributed by atoms with Gasteiger partial charge in [-0.15, -0.1) is 0 Å². The molecule has 1 fully saturated rings. The Labute approximate surface area is 168 Å². The van der Waals surface area contributed by atoms with Gasteiger partial charge in [0.2, 0.25) is 6.29 Å². The van der Waals surface area contributed by atoms with Crippen LogP contribution in [0.25, 0.3) is 0 Å². The van der Waals surface area contributed by atoms with Gasteiger partial charge in [-0.2, -0.15) is 8.42 Å². The van der Waals surface area contributed by atoms with Crippen molar-refractivity contribution in [3.05, 3.63) is 0 Å². The van der Waals surface area contributed by atoms with E-state index in [0.717, 1.165) is 12.8 Å². The average molecular weight is 423 g/mol. The molecule has 0 radical (unpaired) electrons. The first-order chi connectivity index (χ1) is 13.1. The van der Waals surface area contributed by atoms with Gasteiger partial charge in [0.1, 0.15) is 0 Å². The molecule has 1 aliphatic rings. The summed E-state index contributed by atoms with van der Waals surface area (Å²) in [6, 6.07) is 0. The van der Waals surface area contributed by atoms with Crippen LogP contribution in [0.15, 0.2) is 0 Å². The first kappa shape index (κ1) is 24.8. The molecule has 164 valence electrons. The number of ether oxygens (including phenoxy) is 3. The Morgan fingerprint density at radius 3 is 2.43 bits per heavy atom. The maximum Gasteiger partial charge on any atom is 0.311 e. The average Bonchev–Trinajstić information content (AvgIpc) is 2.62. The summed E-state index contributed by atoms with van der Waals surface area (Å²) < 4.78 is 44.0. The summed E-state index contributed by atoms with van der Waals surface area (Å²) in [7, 11) is -3.61. The van der Waals surface area contributed by atoms with Gasteiger partial charge in [0.25, 0.3) is 10.1 Å². The SMILES string of the molecule is CCC(CC(C)C(=O)OCCCS(=O)(=O)OC(C)C)C(=O)OC1CCCCO1. The van der Waals surface area contributed by atoms with Crippen LogP contribution in [0.2, 0.25) is 0 Å². The first-order valence-electron chi connectivity index (χ1n) is 10.0. The van der Waals surface area contributed by atoms with E-state index in [1.54, 1.807) is 20.8 Å². The highest BCUT2D eigenvalue weighted by Crippen LogP contribution is 2.22. The maximum absolute atomic E-state index is 12.3. The van der Waals surface area contributed by atoms with E-state index in [9.17, 15) is 18.0 Å². The second kappa shape index (κ2) is 12.4. The number of esters is 2. The maximum atomic E-state index is 12.3. The third-order valence-electron chi connectivity index (χ3n) is 4.37. The minimum Gasteiger partial charge on any atom is -0.465 e. The zero-order valence-electron chi connectivity index (χ0n) is 17.3. The summed E-state index contributed by atoms with van der Waals surface area (Å²) in [5.74, 6) is -1.92. The molecule has 9 heteroatoms. The van der Waals surface area contributed by atoms with Crippen LogP contribution in [0.1, 0.15) is 66.2 Å². The van der Waals surface area contributed by atoms with Gasteiger partial charge in [-0.1, -0.05) is 13.8 Å². The zero-order valence-corrected chi connectivity index (χ0v) is 18.2. The lowest BCUT2D eigenvalue weighted by molar-refractivity contribution is -0.191. The Hall–Kier alpha value is -1.19. The normalized spacial score (nSPS) is 19.8. The van der Waals surface area contributed by atoms with Crippen molar-refractivity contribution in [3.8, 4) is 0 Å². The predicted molar refractivity (Wildman–Crippen MR) is 103 cm³/mol. The summed E-state index contributed by atoms with van der Waals surface area (Å²) in [6.07, 6.45) is 2.75. The van der Waals surface area contributed by atoms with Gasteiger partial charge in [-0.05, 0) is 46.0 Å². The topological polar surface area (TPSA) is 105 Å². The van der Waals surface area contributed by atoms with Crippen molar-refractivity contribution in [3.63, 3.8) is 0 Å². The second-order valence-electron chi connectivity index (χ2n) is 7.40. The Morgan fingerprint density at radius 2 is 1.86 bits per heavy atom. The second-order valence-corrected chi connectivity index (χ2v) is 9.12. The lowest BCUT2D eigenvalue weighted by Crippen LogP contribution is -2.30. The molecule has 1 heterocycles. The molecule has 0 amide bonds. The highest BCUT2D eigenvalue weighted by Gasteiger charge is 2.28. The molecule has 0 aromatic rings. The molecule has 0 bridgehead atoms. The van der Waals surface area contributed by atoms with Gasteiger partial charge in [-0.3, -0.25) is 13.8 Å². The highest BCUT2D eigenvalue weighted by atomic mass is 32.2. The Kier molecular flexibility index (Phi) is 11.0. The molecule has 0 saturated carbocycles. The Bertz CT molecular complexity index is 581. The van der Waals surface area contributed by atoms with Crippen LogP contribution in [-0.2, 0) is 38.1 Å². The predicted octanol–water partition coefficient (Wildman–Crippen LogP) is 2.80. The fraction of sp³-hybridized carbons (Fsp3) is 0.895. The molecule has 8 nitrogen and oxygen atoms in total. The van der Waals surface area contributed by atoms with Gasteiger partial charge < -0.3 is 14.2 Å². The van der Waals surface area contributed by atoms with Crippen molar-refractivity contribution >= 4 is 22.1 Å². The van der Waals surface area contributed by atoms with Crippen molar-refractivity contribution in [1.82, 2.24) is 0 Å². The third kappa shape index (κ3) is 9.84. The standard InChI is InChI=1S/C19H34O8S/c1-5-16(19(21)26-17-9-6-7-10-24-17)13-15(4)18(20)25-11-8-12-28(22,23)27-14(2)3/h14-17H,5-13H2,1-4H3. The molecule has 0 aliphatic carbocycles. The van der Waals surface area contributed by atoms with Crippen LogP contribution in [0, 0.1) is 11.8 Å². The molecule has 3 atom stereocenters. The molecular formula is C19H34O8S. The van der Waals surface area contributed by atoms with Crippen LogP contribution >= 0.6 is 0 Å². The minimum absolute atomic E-state index is 0.0129. The monoisotopic (exact) mass is 422 g/mol. The van der Waals surface area contributed by atoms with E-state index in [1.165, 1.54) is 0 Å². The molecule has 1 aliphatic heterocycles. The van der Waals surface area contributed by atoms with E-state index in [1.807, 2.05) is 6.92 Å². The van der Waals surface area contributed by atoms with Crippen molar-refractivity contribution in [2.24, 2.45) is 11.8 Å². The van der Waals surface area contributed by atoms with E-state index < -0.39 is 40.3 Å². The molecule has 1 rings (SSSR count). The third-order valence-corrected chi connectivity index (χ3v) is 5.84. The van der Waals surface area contributed by atoms with Crippen LogP contribution in [0.4, 0.5) is 0 Å². The molecular weight excluding hydrogens is 388 g/mol. The number of hydrogen-bond acceptors (Lipinski definition) is 8.